The Morgan fingerprint density at radius 3 is 2.86 bits per heavy atom. The number of nitrogens with zero attached hydrogens (tertiary/aromatic N) is 1. The zero-order valence-electron chi connectivity index (χ0n) is 11.9. The lowest BCUT2D eigenvalue weighted by molar-refractivity contribution is 0.0985. The number of carbonyl (C=O) groups excluding carboxylic acids is 1. The highest BCUT2D eigenvalue weighted by molar-refractivity contribution is 9.10. The predicted molar refractivity (Wildman–Crippen MR) is 89.7 cm³/mol. The molecule has 0 fully saturated rings. The van der Waals surface area contributed by atoms with Crippen molar-refractivity contribution in [2.75, 3.05) is 17.2 Å². The lowest BCUT2D eigenvalue weighted by atomic mass is 9.99. The monoisotopic (exact) mass is 344 g/mol. The van der Waals surface area contributed by atoms with Gasteiger partial charge in [-0.05, 0) is 61.2 Å². The quantitative estimate of drug-likeness (QED) is 0.796. The van der Waals surface area contributed by atoms with Crippen molar-refractivity contribution >= 4 is 33.2 Å². The van der Waals surface area contributed by atoms with Crippen molar-refractivity contribution in [3.63, 3.8) is 0 Å². The molecule has 0 aliphatic carbocycles. The molecule has 0 bridgehead atoms. The summed E-state index contributed by atoms with van der Waals surface area (Å²) < 4.78 is 1.02. The highest BCUT2D eigenvalue weighted by Crippen LogP contribution is 2.32. The van der Waals surface area contributed by atoms with Crippen LogP contribution in [0.4, 0.5) is 11.4 Å². The molecule has 108 valence electrons. The van der Waals surface area contributed by atoms with Gasteiger partial charge >= 0.3 is 0 Å². The first-order chi connectivity index (χ1) is 10.1. The molecule has 0 radical (unpaired) electrons. The first kappa shape index (κ1) is 14.1. The Morgan fingerprint density at radius 1 is 1.29 bits per heavy atom. The third-order valence-corrected chi connectivity index (χ3v) is 4.83. The maximum absolute atomic E-state index is 12.8. The fourth-order valence-corrected chi connectivity index (χ4v) is 3.04. The summed E-state index contributed by atoms with van der Waals surface area (Å²) in [4.78, 5) is 14.7. The Morgan fingerprint density at radius 2 is 2.10 bits per heavy atom. The smallest absolute Gasteiger partial charge is 0.258 e. The van der Waals surface area contributed by atoms with Crippen molar-refractivity contribution in [2.45, 2.75) is 19.8 Å². The van der Waals surface area contributed by atoms with Crippen LogP contribution in [0.25, 0.3) is 0 Å². The summed E-state index contributed by atoms with van der Waals surface area (Å²) in [5.41, 5.74) is 10.6. The van der Waals surface area contributed by atoms with E-state index >= 15 is 0 Å². The average Bonchev–Trinajstić information content (AvgIpc) is 2.49. The van der Waals surface area contributed by atoms with Crippen LogP contribution in [0.5, 0.6) is 0 Å². The second-order valence-corrected chi connectivity index (χ2v) is 6.22. The van der Waals surface area contributed by atoms with Gasteiger partial charge in [-0.15, -0.1) is 0 Å². The second-order valence-electron chi connectivity index (χ2n) is 5.37. The Balaban J connectivity index is 2.00. The molecule has 21 heavy (non-hydrogen) atoms. The number of hydrogen-bond acceptors (Lipinski definition) is 2. The van der Waals surface area contributed by atoms with Crippen LogP contribution in [0, 0.1) is 6.92 Å². The molecular weight excluding hydrogens is 328 g/mol. The van der Waals surface area contributed by atoms with Crippen LogP contribution in [0.1, 0.15) is 27.9 Å². The SMILES string of the molecule is Cc1cc(C(=O)N2CCCc3c(N)cccc32)ccc1Br. The molecule has 1 aliphatic heterocycles. The molecule has 0 aromatic heterocycles. The number of aryl methyl sites for hydroxylation is 1. The van der Waals surface area contributed by atoms with Crippen molar-refractivity contribution in [3.05, 3.63) is 57.6 Å². The lowest BCUT2D eigenvalue weighted by Gasteiger charge is -2.30. The van der Waals surface area contributed by atoms with Crippen molar-refractivity contribution in [3.8, 4) is 0 Å². The minimum atomic E-state index is 0.0390. The molecule has 3 nitrogen and oxygen atoms in total. The van der Waals surface area contributed by atoms with Crippen LogP contribution in [-0.4, -0.2) is 12.5 Å². The molecule has 0 spiro atoms. The van der Waals surface area contributed by atoms with E-state index in [0.29, 0.717) is 5.56 Å². The van der Waals surface area contributed by atoms with Crippen molar-refractivity contribution in [1.82, 2.24) is 0 Å². The van der Waals surface area contributed by atoms with Crippen LogP contribution >= 0.6 is 15.9 Å². The molecule has 0 saturated carbocycles. The van der Waals surface area contributed by atoms with Crippen LogP contribution in [0.15, 0.2) is 40.9 Å². The van der Waals surface area contributed by atoms with Gasteiger partial charge in [0.15, 0.2) is 0 Å². The Bertz CT molecular complexity index is 712. The van der Waals surface area contributed by atoms with E-state index in [0.717, 1.165) is 46.4 Å². The van der Waals surface area contributed by atoms with Crippen LogP contribution in [0.3, 0.4) is 0 Å². The average molecular weight is 345 g/mol. The summed E-state index contributed by atoms with van der Waals surface area (Å²) >= 11 is 3.47. The molecule has 4 heteroatoms. The van der Waals surface area contributed by atoms with Crippen molar-refractivity contribution in [2.24, 2.45) is 0 Å². The van der Waals surface area contributed by atoms with Gasteiger partial charge in [0.1, 0.15) is 0 Å². The maximum Gasteiger partial charge on any atom is 0.258 e. The molecule has 0 saturated heterocycles. The summed E-state index contributed by atoms with van der Waals surface area (Å²) in [5, 5.41) is 0. The summed E-state index contributed by atoms with van der Waals surface area (Å²) in [7, 11) is 0. The fourth-order valence-electron chi connectivity index (χ4n) is 2.80. The van der Waals surface area contributed by atoms with Gasteiger partial charge in [-0.2, -0.15) is 0 Å². The van der Waals surface area contributed by atoms with E-state index in [4.69, 9.17) is 5.73 Å². The number of nitrogen functional groups attached to an aromatic ring is 1. The Labute approximate surface area is 132 Å². The number of fused-ring (bicyclic) bond motifs is 1. The summed E-state index contributed by atoms with van der Waals surface area (Å²) in [6.07, 6.45) is 1.88. The van der Waals surface area contributed by atoms with E-state index in [1.54, 1.807) is 0 Å². The van der Waals surface area contributed by atoms with Gasteiger partial charge in [0.05, 0.1) is 0 Å². The molecule has 2 aromatic carbocycles. The Hall–Kier alpha value is -1.81. The maximum atomic E-state index is 12.8. The third-order valence-electron chi connectivity index (χ3n) is 3.94. The van der Waals surface area contributed by atoms with Crippen molar-refractivity contribution in [1.29, 1.82) is 0 Å². The molecule has 0 atom stereocenters. The zero-order valence-corrected chi connectivity index (χ0v) is 13.5. The Kier molecular flexibility index (Phi) is 3.72. The fraction of sp³-hybridized carbons (Fsp3) is 0.235. The van der Waals surface area contributed by atoms with Gasteiger partial charge in [0.25, 0.3) is 5.91 Å². The van der Waals surface area contributed by atoms with Crippen molar-refractivity contribution < 1.29 is 4.79 Å². The zero-order chi connectivity index (χ0) is 15.0. The topological polar surface area (TPSA) is 46.3 Å². The van der Waals surface area contributed by atoms with E-state index < -0.39 is 0 Å². The van der Waals surface area contributed by atoms with Crippen LogP contribution in [-0.2, 0) is 6.42 Å². The first-order valence-corrected chi connectivity index (χ1v) is 7.82. The number of halogens is 1. The predicted octanol–water partition coefficient (Wildman–Crippen LogP) is 3.93. The number of carbonyl (C=O) groups is 1. The van der Waals surface area contributed by atoms with Crippen LogP contribution < -0.4 is 10.6 Å². The van der Waals surface area contributed by atoms with E-state index in [-0.39, 0.29) is 5.91 Å². The van der Waals surface area contributed by atoms with Crippen LogP contribution in [0.2, 0.25) is 0 Å². The standard InChI is InChI=1S/C17H17BrN2O/c1-11-10-12(7-8-14(11)18)17(21)20-9-3-4-13-15(19)5-2-6-16(13)20/h2,5-8,10H,3-4,9,19H2,1H3. The summed E-state index contributed by atoms with van der Waals surface area (Å²) in [6, 6.07) is 11.5. The number of anilines is 2. The highest BCUT2D eigenvalue weighted by Gasteiger charge is 2.24. The van der Waals surface area contributed by atoms with Gasteiger partial charge in [-0.25, -0.2) is 0 Å². The van der Waals surface area contributed by atoms with E-state index in [9.17, 15) is 4.79 Å². The van der Waals surface area contributed by atoms with E-state index in [1.165, 1.54) is 0 Å². The molecule has 1 heterocycles. The van der Waals surface area contributed by atoms with Gasteiger partial charge in [-0.1, -0.05) is 22.0 Å². The van der Waals surface area contributed by atoms with Gasteiger partial charge in [0.2, 0.25) is 0 Å². The largest absolute Gasteiger partial charge is 0.398 e. The number of hydrogen-bond donors (Lipinski definition) is 1. The first-order valence-electron chi connectivity index (χ1n) is 7.03. The normalized spacial score (nSPS) is 13.9. The number of benzene rings is 2. The molecule has 2 aromatic rings. The third kappa shape index (κ3) is 2.56. The summed E-state index contributed by atoms with van der Waals surface area (Å²) in [6.45, 7) is 2.73. The van der Waals surface area contributed by atoms with Gasteiger partial charge in [-0.3, -0.25) is 4.79 Å². The molecule has 1 amide bonds. The minimum absolute atomic E-state index is 0.0390. The number of rotatable bonds is 1. The molecule has 2 N–H and O–H groups in total. The minimum Gasteiger partial charge on any atom is -0.398 e. The number of nitrogens with two attached hydrogens (primary N) is 1. The second kappa shape index (κ2) is 5.53. The van der Waals surface area contributed by atoms with Gasteiger partial charge in [0, 0.05) is 28.0 Å². The summed E-state index contributed by atoms with van der Waals surface area (Å²) in [5.74, 6) is 0.0390. The molecule has 3 rings (SSSR count). The van der Waals surface area contributed by atoms with E-state index in [2.05, 4.69) is 15.9 Å². The lowest BCUT2D eigenvalue weighted by Crippen LogP contribution is -2.35. The number of amides is 1. The highest BCUT2D eigenvalue weighted by atomic mass is 79.9. The van der Waals surface area contributed by atoms with Gasteiger partial charge < -0.3 is 10.6 Å². The molecule has 0 unspecified atom stereocenters. The van der Waals surface area contributed by atoms with E-state index in [1.807, 2.05) is 48.2 Å². The molecular formula is C17H17BrN2O. The molecule has 1 aliphatic rings.